The van der Waals surface area contributed by atoms with Crippen molar-refractivity contribution in [1.29, 1.82) is 0 Å². The fourth-order valence-corrected chi connectivity index (χ4v) is 4.17. The van der Waals surface area contributed by atoms with Gasteiger partial charge in [-0.1, -0.05) is 66.5 Å². The van der Waals surface area contributed by atoms with E-state index >= 15 is 0 Å². The van der Waals surface area contributed by atoms with Crippen LogP contribution in [0.4, 0.5) is 0 Å². The van der Waals surface area contributed by atoms with Crippen LogP contribution in [0.1, 0.15) is 67.4 Å². The first-order valence-electron chi connectivity index (χ1n) is 11.0. The first-order valence-corrected chi connectivity index (χ1v) is 11.3. The van der Waals surface area contributed by atoms with Crippen molar-refractivity contribution in [2.45, 2.75) is 63.8 Å². The number of halogens is 1. The second-order valence-corrected chi connectivity index (χ2v) is 8.51. The molecule has 1 aliphatic heterocycles. The Balaban J connectivity index is 1.75. The van der Waals surface area contributed by atoms with Gasteiger partial charge < -0.3 is 19.8 Å². The van der Waals surface area contributed by atoms with E-state index in [0.717, 1.165) is 47.2 Å². The van der Waals surface area contributed by atoms with Gasteiger partial charge >= 0.3 is 0 Å². The summed E-state index contributed by atoms with van der Waals surface area (Å²) in [5.41, 5.74) is 5.16. The highest BCUT2D eigenvalue weighted by atomic mass is 35.5. The summed E-state index contributed by atoms with van der Waals surface area (Å²) in [6, 6.07) is 14.2. The van der Waals surface area contributed by atoms with Crippen LogP contribution < -0.4 is 0 Å². The molecule has 3 unspecified atom stereocenters. The van der Waals surface area contributed by atoms with Gasteiger partial charge in [0.05, 0.1) is 30.6 Å². The zero-order chi connectivity index (χ0) is 22.2. The molecular weight excluding hydrogens is 414 g/mol. The lowest BCUT2D eigenvalue weighted by Crippen LogP contribution is -2.33. The fraction of sp³-hybridized carbons (Fsp3) is 0.480. The number of ether oxygens (including phenoxy) is 1. The van der Waals surface area contributed by atoms with E-state index in [9.17, 15) is 10.2 Å². The number of aliphatic hydroxyl groups excluding tert-OH is 2. The topological polar surface area (TPSA) is 71.3 Å². The summed E-state index contributed by atoms with van der Waals surface area (Å²) in [6.07, 6.45) is 3.69. The quantitative estimate of drug-likeness (QED) is 0.418. The molecule has 1 saturated heterocycles. The van der Waals surface area contributed by atoms with E-state index in [-0.39, 0.29) is 18.8 Å². The van der Waals surface area contributed by atoms with Gasteiger partial charge in [0.1, 0.15) is 7.11 Å². The molecule has 2 aromatic carbocycles. The van der Waals surface area contributed by atoms with Crippen molar-refractivity contribution in [2.24, 2.45) is 5.16 Å². The fourth-order valence-electron chi connectivity index (χ4n) is 3.98. The molecule has 2 aromatic rings. The third kappa shape index (κ3) is 6.53. The average molecular weight is 446 g/mol. The van der Waals surface area contributed by atoms with E-state index in [1.165, 1.54) is 0 Å². The van der Waals surface area contributed by atoms with Gasteiger partial charge in [-0.3, -0.25) is 0 Å². The Bertz CT molecular complexity index is 868. The zero-order valence-electron chi connectivity index (χ0n) is 18.3. The molecule has 31 heavy (non-hydrogen) atoms. The van der Waals surface area contributed by atoms with E-state index < -0.39 is 6.10 Å². The second kappa shape index (κ2) is 11.6. The minimum Gasteiger partial charge on any atom is -0.399 e. The van der Waals surface area contributed by atoms with Gasteiger partial charge in [0, 0.05) is 17.9 Å². The predicted octanol–water partition coefficient (Wildman–Crippen LogP) is 5.04. The first kappa shape index (κ1) is 23.7. The van der Waals surface area contributed by atoms with E-state index in [0.29, 0.717) is 24.3 Å². The second-order valence-electron chi connectivity index (χ2n) is 8.10. The third-order valence-corrected chi connectivity index (χ3v) is 6.04. The summed E-state index contributed by atoms with van der Waals surface area (Å²) in [7, 11) is 1.58. The predicted molar refractivity (Wildman–Crippen MR) is 124 cm³/mol. The Morgan fingerprint density at radius 3 is 2.65 bits per heavy atom. The number of unbranched alkanes of at least 4 members (excludes halogenated alkanes) is 1. The molecule has 168 valence electrons. The molecule has 6 heteroatoms. The maximum Gasteiger partial charge on any atom is 0.106 e. The third-order valence-electron chi connectivity index (χ3n) is 5.67. The molecule has 0 saturated carbocycles. The summed E-state index contributed by atoms with van der Waals surface area (Å²) in [6.45, 7) is 2.07. The zero-order valence-corrected chi connectivity index (χ0v) is 19.0. The summed E-state index contributed by atoms with van der Waals surface area (Å²) < 4.78 is 5.96. The van der Waals surface area contributed by atoms with Crippen molar-refractivity contribution >= 4 is 17.3 Å². The Hall–Kier alpha value is -1.92. The molecule has 3 atom stereocenters. The van der Waals surface area contributed by atoms with Crippen molar-refractivity contribution < 1.29 is 19.8 Å². The Kier molecular flexibility index (Phi) is 8.90. The molecule has 1 fully saturated rings. The number of benzene rings is 2. The van der Waals surface area contributed by atoms with Gasteiger partial charge in [-0.2, -0.15) is 0 Å². The van der Waals surface area contributed by atoms with Crippen LogP contribution in [0.25, 0.3) is 0 Å². The molecular formula is C25H32ClNO4. The molecule has 2 N–H and O–H groups in total. The van der Waals surface area contributed by atoms with Gasteiger partial charge in [-0.05, 0) is 47.6 Å². The van der Waals surface area contributed by atoms with Crippen LogP contribution in [-0.2, 0) is 16.0 Å². The number of aliphatic hydroxyl groups is 2. The summed E-state index contributed by atoms with van der Waals surface area (Å²) >= 11 is 6.48. The molecule has 1 heterocycles. The van der Waals surface area contributed by atoms with Gasteiger partial charge in [0.15, 0.2) is 0 Å². The van der Waals surface area contributed by atoms with Crippen LogP contribution in [0.5, 0.6) is 0 Å². The minimum absolute atomic E-state index is 0.0903. The van der Waals surface area contributed by atoms with Gasteiger partial charge in [-0.15, -0.1) is 0 Å². The smallest absolute Gasteiger partial charge is 0.106 e. The molecule has 0 amide bonds. The number of hydrogen-bond acceptors (Lipinski definition) is 5. The van der Waals surface area contributed by atoms with E-state index in [4.69, 9.17) is 21.2 Å². The van der Waals surface area contributed by atoms with Crippen LogP contribution in [0.2, 0.25) is 5.02 Å². The van der Waals surface area contributed by atoms with Gasteiger partial charge in [-0.25, -0.2) is 0 Å². The lowest BCUT2D eigenvalue weighted by molar-refractivity contribution is -0.113. The van der Waals surface area contributed by atoms with Gasteiger partial charge in [0.2, 0.25) is 0 Å². The molecule has 0 spiro atoms. The van der Waals surface area contributed by atoms with Crippen LogP contribution >= 0.6 is 11.6 Å². The molecule has 0 bridgehead atoms. The monoisotopic (exact) mass is 445 g/mol. The number of oxime groups is 1. The highest BCUT2D eigenvalue weighted by Crippen LogP contribution is 2.33. The van der Waals surface area contributed by atoms with Crippen LogP contribution in [0, 0.1) is 0 Å². The number of nitrogens with zero attached hydrogens (tertiary/aromatic N) is 1. The van der Waals surface area contributed by atoms with Crippen LogP contribution in [-0.4, -0.2) is 41.8 Å². The highest BCUT2D eigenvalue weighted by Gasteiger charge is 2.29. The maximum atomic E-state index is 10.1. The summed E-state index contributed by atoms with van der Waals surface area (Å²) in [5.74, 6) is 0. The molecule has 0 aliphatic carbocycles. The lowest BCUT2D eigenvalue weighted by Gasteiger charge is -2.32. The SMILES string of the molecule is CCCC/C(=N\OC)c1ccc(Cc2cc(C3CC(O)CC(CO)O3)ccc2Cl)cc1. The maximum absolute atomic E-state index is 10.1. The van der Waals surface area contributed by atoms with Crippen molar-refractivity contribution in [2.75, 3.05) is 13.7 Å². The average Bonchev–Trinajstić information content (AvgIpc) is 2.78. The van der Waals surface area contributed by atoms with E-state index in [1.54, 1.807) is 7.11 Å². The summed E-state index contributed by atoms with van der Waals surface area (Å²) in [5, 5.41) is 24.5. The summed E-state index contributed by atoms with van der Waals surface area (Å²) in [4.78, 5) is 5.02. The van der Waals surface area contributed by atoms with E-state index in [1.807, 2.05) is 18.2 Å². The Labute approximate surface area is 189 Å². The van der Waals surface area contributed by atoms with Crippen LogP contribution in [0.15, 0.2) is 47.6 Å². The normalized spacial score (nSPS) is 21.8. The largest absolute Gasteiger partial charge is 0.399 e. The van der Waals surface area contributed by atoms with Gasteiger partial charge in [0.25, 0.3) is 0 Å². The molecule has 3 rings (SSSR count). The molecule has 1 aliphatic rings. The first-order chi connectivity index (χ1) is 15.0. The number of hydrogen-bond donors (Lipinski definition) is 2. The van der Waals surface area contributed by atoms with Crippen molar-refractivity contribution in [3.63, 3.8) is 0 Å². The number of rotatable bonds is 9. The molecule has 0 aromatic heterocycles. The van der Waals surface area contributed by atoms with Crippen molar-refractivity contribution in [3.05, 3.63) is 69.7 Å². The van der Waals surface area contributed by atoms with E-state index in [2.05, 4.69) is 36.3 Å². The highest BCUT2D eigenvalue weighted by molar-refractivity contribution is 6.31. The molecule has 5 nitrogen and oxygen atoms in total. The minimum atomic E-state index is -0.474. The van der Waals surface area contributed by atoms with Crippen molar-refractivity contribution in [3.8, 4) is 0 Å². The lowest BCUT2D eigenvalue weighted by atomic mass is 9.93. The Morgan fingerprint density at radius 2 is 1.97 bits per heavy atom. The van der Waals surface area contributed by atoms with Crippen LogP contribution in [0.3, 0.4) is 0 Å². The molecule has 0 radical (unpaired) electrons. The van der Waals surface area contributed by atoms with Crippen molar-refractivity contribution in [1.82, 2.24) is 0 Å². The Morgan fingerprint density at radius 1 is 1.19 bits per heavy atom. The standard InChI is InChI=1S/C25H32ClNO4/c1-3-4-5-24(27-30-2)18-8-6-17(7-9-18)12-20-13-19(10-11-23(20)26)25-15-21(29)14-22(16-28)31-25/h6-11,13,21-22,25,28-29H,3-5,12,14-16H2,1-2H3/b27-24+.